The second-order valence-electron chi connectivity index (χ2n) is 5.70. The molecule has 2 saturated carbocycles. The fraction of sp³-hybridized carbons (Fsp3) is 1.00. The molecule has 0 amide bonds. The van der Waals surface area contributed by atoms with Gasteiger partial charge >= 0.3 is 0 Å². The molecule has 0 atom stereocenters. The van der Waals surface area contributed by atoms with Crippen molar-refractivity contribution in [3.8, 4) is 0 Å². The smallest absolute Gasteiger partial charge is 0.00436 e. The summed E-state index contributed by atoms with van der Waals surface area (Å²) in [6.45, 7) is 0.954. The molecule has 2 aliphatic carbocycles. The van der Waals surface area contributed by atoms with E-state index in [1.807, 2.05) is 0 Å². The normalized spacial score (nSPS) is 26.0. The molecule has 88 valence electrons. The van der Waals surface area contributed by atoms with Gasteiger partial charge in [0.15, 0.2) is 0 Å². The third-order valence-corrected chi connectivity index (χ3v) is 4.78. The molecule has 0 aromatic rings. The number of rotatable bonds is 3. The maximum atomic E-state index is 6.03. The number of hydrogen-bond acceptors (Lipinski definition) is 1. The van der Waals surface area contributed by atoms with Crippen LogP contribution in [0.5, 0.6) is 0 Å². The predicted molar refractivity (Wildman–Crippen MR) is 65.7 cm³/mol. The zero-order chi connectivity index (χ0) is 10.5. The average molecular weight is 209 g/mol. The van der Waals surface area contributed by atoms with Crippen LogP contribution in [0.1, 0.15) is 64.2 Å². The highest BCUT2D eigenvalue weighted by Gasteiger charge is 2.30. The van der Waals surface area contributed by atoms with Crippen molar-refractivity contribution in [1.29, 1.82) is 0 Å². The molecule has 2 N–H and O–H groups in total. The first-order valence-corrected chi connectivity index (χ1v) is 7.12. The summed E-state index contributed by atoms with van der Waals surface area (Å²) in [7, 11) is 0. The number of hydrogen-bond donors (Lipinski definition) is 1. The van der Waals surface area contributed by atoms with Gasteiger partial charge in [-0.2, -0.15) is 0 Å². The van der Waals surface area contributed by atoms with Crippen molar-refractivity contribution in [3.05, 3.63) is 0 Å². The Hall–Kier alpha value is -0.0400. The van der Waals surface area contributed by atoms with Crippen molar-refractivity contribution in [2.45, 2.75) is 64.2 Å². The molecule has 1 nitrogen and oxygen atoms in total. The first-order chi connectivity index (χ1) is 7.42. The lowest BCUT2D eigenvalue weighted by molar-refractivity contribution is 0.150. The fourth-order valence-electron chi connectivity index (χ4n) is 3.89. The summed E-state index contributed by atoms with van der Waals surface area (Å²) in [6, 6.07) is 0. The van der Waals surface area contributed by atoms with E-state index in [-0.39, 0.29) is 0 Å². The SMILES string of the molecule is NCC(C1CCCCC1)C1CCCCC1. The van der Waals surface area contributed by atoms with Gasteiger partial charge in [0.2, 0.25) is 0 Å². The van der Waals surface area contributed by atoms with E-state index in [4.69, 9.17) is 5.73 Å². The summed E-state index contributed by atoms with van der Waals surface area (Å²) in [5, 5.41) is 0. The Balaban J connectivity index is 1.88. The summed E-state index contributed by atoms with van der Waals surface area (Å²) in [4.78, 5) is 0. The topological polar surface area (TPSA) is 26.0 Å². The highest BCUT2D eigenvalue weighted by molar-refractivity contribution is 4.82. The molecular formula is C14H27N. The van der Waals surface area contributed by atoms with E-state index in [2.05, 4.69) is 0 Å². The van der Waals surface area contributed by atoms with Crippen LogP contribution in [0.2, 0.25) is 0 Å². The van der Waals surface area contributed by atoms with Crippen LogP contribution in [0.3, 0.4) is 0 Å². The Morgan fingerprint density at radius 2 is 1.13 bits per heavy atom. The highest BCUT2D eigenvalue weighted by Crippen LogP contribution is 2.39. The van der Waals surface area contributed by atoms with Gasteiger partial charge in [-0.25, -0.2) is 0 Å². The summed E-state index contributed by atoms with van der Waals surface area (Å²) in [6.07, 6.45) is 14.7. The summed E-state index contributed by atoms with van der Waals surface area (Å²) in [5.41, 5.74) is 6.03. The maximum Gasteiger partial charge on any atom is -0.00436 e. The summed E-state index contributed by atoms with van der Waals surface area (Å²) >= 11 is 0. The molecule has 0 spiro atoms. The van der Waals surface area contributed by atoms with E-state index in [1.165, 1.54) is 64.2 Å². The van der Waals surface area contributed by atoms with Gasteiger partial charge in [0, 0.05) is 0 Å². The lowest BCUT2D eigenvalue weighted by atomic mass is 9.70. The van der Waals surface area contributed by atoms with Gasteiger partial charge in [-0.1, -0.05) is 64.2 Å². The zero-order valence-electron chi connectivity index (χ0n) is 10.1. The highest BCUT2D eigenvalue weighted by atomic mass is 14.6. The van der Waals surface area contributed by atoms with Crippen molar-refractivity contribution in [2.24, 2.45) is 23.5 Å². The molecular weight excluding hydrogens is 182 g/mol. The molecule has 2 rings (SSSR count). The molecule has 2 fully saturated rings. The standard InChI is InChI=1S/C14H27N/c15-11-14(12-7-3-1-4-8-12)13-9-5-2-6-10-13/h12-14H,1-11,15H2. The van der Waals surface area contributed by atoms with Crippen LogP contribution < -0.4 is 5.73 Å². The van der Waals surface area contributed by atoms with Gasteiger partial charge in [0.25, 0.3) is 0 Å². The summed E-state index contributed by atoms with van der Waals surface area (Å²) < 4.78 is 0. The van der Waals surface area contributed by atoms with Crippen LogP contribution in [-0.2, 0) is 0 Å². The second-order valence-corrected chi connectivity index (χ2v) is 5.70. The molecule has 1 heteroatoms. The van der Waals surface area contributed by atoms with Gasteiger partial charge in [0.1, 0.15) is 0 Å². The minimum atomic E-state index is 0.866. The second kappa shape index (κ2) is 5.89. The zero-order valence-corrected chi connectivity index (χ0v) is 10.1. The van der Waals surface area contributed by atoms with E-state index in [0.29, 0.717) is 0 Å². The monoisotopic (exact) mass is 209 g/mol. The minimum Gasteiger partial charge on any atom is -0.330 e. The molecule has 0 aromatic heterocycles. The Bertz CT molecular complexity index is 148. The largest absolute Gasteiger partial charge is 0.330 e. The molecule has 0 saturated heterocycles. The van der Waals surface area contributed by atoms with Gasteiger partial charge in [-0.15, -0.1) is 0 Å². The van der Waals surface area contributed by atoms with Gasteiger partial charge < -0.3 is 5.73 Å². The van der Waals surface area contributed by atoms with Crippen LogP contribution in [-0.4, -0.2) is 6.54 Å². The first-order valence-electron chi connectivity index (χ1n) is 7.12. The van der Waals surface area contributed by atoms with E-state index in [9.17, 15) is 0 Å². The van der Waals surface area contributed by atoms with Crippen molar-refractivity contribution in [2.75, 3.05) is 6.54 Å². The molecule has 0 radical (unpaired) electrons. The predicted octanol–water partition coefficient (Wildman–Crippen LogP) is 3.72. The van der Waals surface area contributed by atoms with Gasteiger partial charge in [0.05, 0.1) is 0 Å². The minimum absolute atomic E-state index is 0.866. The van der Waals surface area contributed by atoms with Crippen molar-refractivity contribution in [3.63, 3.8) is 0 Å². The Kier molecular flexibility index (Phi) is 4.49. The Morgan fingerprint density at radius 3 is 1.47 bits per heavy atom. The molecule has 2 aliphatic rings. The van der Waals surface area contributed by atoms with Crippen LogP contribution in [0.15, 0.2) is 0 Å². The molecule has 0 aliphatic heterocycles. The lowest BCUT2D eigenvalue weighted by Gasteiger charge is -2.37. The first kappa shape index (κ1) is 11.4. The molecule has 0 aromatic carbocycles. The average Bonchev–Trinajstić information content (AvgIpc) is 2.33. The van der Waals surface area contributed by atoms with E-state index < -0.39 is 0 Å². The van der Waals surface area contributed by atoms with E-state index in [1.54, 1.807) is 0 Å². The third kappa shape index (κ3) is 2.96. The fourth-order valence-corrected chi connectivity index (χ4v) is 3.89. The van der Waals surface area contributed by atoms with Crippen LogP contribution in [0.4, 0.5) is 0 Å². The van der Waals surface area contributed by atoms with Crippen LogP contribution in [0.25, 0.3) is 0 Å². The van der Waals surface area contributed by atoms with Gasteiger partial charge in [-0.05, 0) is 24.3 Å². The molecule has 0 heterocycles. The number of nitrogens with two attached hydrogens (primary N) is 1. The van der Waals surface area contributed by atoms with Gasteiger partial charge in [-0.3, -0.25) is 0 Å². The lowest BCUT2D eigenvalue weighted by Crippen LogP contribution is -2.33. The van der Waals surface area contributed by atoms with Crippen LogP contribution >= 0.6 is 0 Å². The van der Waals surface area contributed by atoms with E-state index >= 15 is 0 Å². The third-order valence-electron chi connectivity index (χ3n) is 4.78. The summed E-state index contributed by atoms with van der Waals surface area (Å²) in [5.74, 6) is 2.82. The molecule has 0 unspecified atom stereocenters. The van der Waals surface area contributed by atoms with Crippen molar-refractivity contribution < 1.29 is 0 Å². The molecule has 0 bridgehead atoms. The van der Waals surface area contributed by atoms with Crippen LogP contribution in [0, 0.1) is 17.8 Å². The quantitative estimate of drug-likeness (QED) is 0.753. The molecule has 15 heavy (non-hydrogen) atoms. The maximum absolute atomic E-state index is 6.03. The Labute approximate surface area is 94.8 Å². The Morgan fingerprint density at radius 1 is 0.733 bits per heavy atom. The van der Waals surface area contributed by atoms with Crippen molar-refractivity contribution >= 4 is 0 Å². The van der Waals surface area contributed by atoms with E-state index in [0.717, 1.165) is 24.3 Å². The van der Waals surface area contributed by atoms with Crippen molar-refractivity contribution in [1.82, 2.24) is 0 Å².